The lowest BCUT2D eigenvalue weighted by Gasteiger charge is -2.03. The van der Waals surface area contributed by atoms with Crippen molar-refractivity contribution in [3.05, 3.63) is 50.6 Å². The number of aromatic amines is 1. The Bertz CT molecular complexity index is 774. The molecule has 2 rings (SSSR count). The van der Waals surface area contributed by atoms with Crippen molar-refractivity contribution in [1.82, 2.24) is 15.0 Å². The summed E-state index contributed by atoms with van der Waals surface area (Å²) in [4.78, 5) is 31.7. The minimum atomic E-state index is -0.662. The zero-order chi connectivity index (χ0) is 15.4. The first-order valence-corrected chi connectivity index (χ1v) is 6.18. The molecule has 108 valence electrons. The lowest BCUT2D eigenvalue weighted by Crippen LogP contribution is -2.14. The van der Waals surface area contributed by atoms with E-state index in [1.807, 2.05) is 0 Å². The lowest BCUT2D eigenvalue weighted by atomic mass is 10.2. The molecule has 0 radical (unpaired) electrons. The monoisotopic (exact) mass is 308 g/mol. The summed E-state index contributed by atoms with van der Waals surface area (Å²) < 4.78 is 0. The lowest BCUT2D eigenvalue weighted by molar-refractivity contribution is -0.388. The number of H-pyrrole nitrogens is 1. The molecule has 2 aromatic heterocycles. The summed E-state index contributed by atoms with van der Waals surface area (Å²) >= 11 is 0.822. The molecular formula is C10H8N6O4S. The van der Waals surface area contributed by atoms with Crippen LogP contribution in [0, 0.1) is 10.1 Å². The van der Waals surface area contributed by atoms with Gasteiger partial charge in [0.25, 0.3) is 5.56 Å². The number of oxime groups is 1. The fourth-order valence-corrected chi connectivity index (χ4v) is 2.14. The molecule has 0 aliphatic carbocycles. The highest BCUT2D eigenvalue weighted by Crippen LogP contribution is 2.30. The number of pyridine rings is 1. The van der Waals surface area contributed by atoms with Gasteiger partial charge < -0.3 is 15.9 Å². The predicted molar refractivity (Wildman–Crippen MR) is 72.4 cm³/mol. The van der Waals surface area contributed by atoms with Crippen LogP contribution in [0.2, 0.25) is 0 Å². The third-order valence-electron chi connectivity index (χ3n) is 2.27. The average molecular weight is 308 g/mol. The van der Waals surface area contributed by atoms with Gasteiger partial charge in [-0.05, 0) is 11.8 Å². The van der Waals surface area contributed by atoms with E-state index in [4.69, 9.17) is 10.9 Å². The first-order valence-electron chi connectivity index (χ1n) is 5.37. The molecule has 11 heteroatoms. The number of nitrogens with zero attached hydrogens (tertiary/aromatic N) is 4. The molecule has 10 nitrogen and oxygen atoms in total. The van der Waals surface area contributed by atoms with Crippen LogP contribution >= 0.6 is 11.8 Å². The van der Waals surface area contributed by atoms with Gasteiger partial charge in [-0.2, -0.15) is 0 Å². The number of nitrogens with one attached hydrogen (secondary N) is 1. The Balaban J connectivity index is 2.44. The summed E-state index contributed by atoms with van der Waals surface area (Å²) in [6, 6.07) is 2.33. The number of hydrogen-bond donors (Lipinski definition) is 3. The molecule has 0 fully saturated rings. The topological polar surface area (TPSA) is 160 Å². The Morgan fingerprint density at radius 3 is 2.90 bits per heavy atom. The number of amidine groups is 1. The second-order valence-electron chi connectivity index (χ2n) is 3.63. The molecule has 0 spiro atoms. The van der Waals surface area contributed by atoms with Crippen LogP contribution in [0.5, 0.6) is 0 Å². The maximum absolute atomic E-state index is 11.2. The van der Waals surface area contributed by atoms with Gasteiger partial charge >= 0.3 is 5.69 Å². The molecule has 0 bridgehead atoms. The third-order valence-corrected chi connectivity index (χ3v) is 3.18. The molecule has 0 aliphatic heterocycles. The highest BCUT2D eigenvalue weighted by Gasteiger charge is 2.19. The van der Waals surface area contributed by atoms with E-state index < -0.39 is 4.92 Å². The van der Waals surface area contributed by atoms with Crippen LogP contribution in [-0.4, -0.2) is 30.9 Å². The minimum absolute atomic E-state index is 0.0174. The molecule has 0 aromatic carbocycles. The fraction of sp³-hybridized carbons (Fsp3) is 0. The van der Waals surface area contributed by atoms with Crippen molar-refractivity contribution < 1.29 is 10.1 Å². The van der Waals surface area contributed by atoms with Crippen LogP contribution < -0.4 is 11.3 Å². The zero-order valence-corrected chi connectivity index (χ0v) is 11.1. The van der Waals surface area contributed by atoms with Gasteiger partial charge in [-0.15, -0.1) is 0 Å². The van der Waals surface area contributed by atoms with Gasteiger partial charge in [-0.1, -0.05) is 5.16 Å². The number of rotatable bonds is 4. The summed E-state index contributed by atoms with van der Waals surface area (Å²) in [5.41, 5.74) is 4.72. The van der Waals surface area contributed by atoms with Crippen LogP contribution in [0.4, 0.5) is 5.69 Å². The van der Waals surface area contributed by atoms with Crippen LogP contribution in [-0.2, 0) is 0 Å². The van der Waals surface area contributed by atoms with Crippen molar-refractivity contribution in [2.75, 3.05) is 0 Å². The molecule has 0 unspecified atom stereocenters. The van der Waals surface area contributed by atoms with Crippen LogP contribution in [0.3, 0.4) is 0 Å². The van der Waals surface area contributed by atoms with Gasteiger partial charge in [-0.25, -0.2) is 9.97 Å². The van der Waals surface area contributed by atoms with E-state index in [1.165, 1.54) is 18.5 Å². The SMILES string of the molecule is N/C(=N/O)c1cnc(Sc2nccc(=O)[nH]2)c([N+](=O)[O-])c1. The Morgan fingerprint density at radius 2 is 2.29 bits per heavy atom. The second kappa shape index (κ2) is 6.00. The first kappa shape index (κ1) is 14.5. The van der Waals surface area contributed by atoms with E-state index in [1.54, 1.807) is 0 Å². The molecule has 4 N–H and O–H groups in total. The maximum atomic E-state index is 11.2. The van der Waals surface area contributed by atoms with Crippen LogP contribution in [0.1, 0.15) is 5.56 Å². The van der Waals surface area contributed by atoms with Gasteiger partial charge in [0.1, 0.15) is 0 Å². The molecule has 0 atom stereocenters. The van der Waals surface area contributed by atoms with Gasteiger partial charge in [0.15, 0.2) is 16.0 Å². The Kier molecular flexibility index (Phi) is 4.13. The van der Waals surface area contributed by atoms with Crippen LogP contribution in [0.15, 0.2) is 44.7 Å². The molecule has 0 amide bonds. The largest absolute Gasteiger partial charge is 0.409 e. The molecule has 2 heterocycles. The Hall–Kier alpha value is -2.95. The van der Waals surface area contributed by atoms with E-state index in [-0.39, 0.29) is 32.8 Å². The van der Waals surface area contributed by atoms with Gasteiger partial charge in [0.05, 0.1) is 4.92 Å². The quantitative estimate of drug-likeness (QED) is 0.182. The van der Waals surface area contributed by atoms with E-state index in [0.717, 1.165) is 17.8 Å². The Morgan fingerprint density at radius 1 is 1.52 bits per heavy atom. The Labute approximate surface area is 120 Å². The van der Waals surface area contributed by atoms with Crippen LogP contribution in [0.25, 0.3) is 0 Å². The van der Waals surface area contributed by atoms with Gasteiger partial charge in [0, 0.05) is 30.1 Å². The normalized spacial score (nSPS) is 11.3. The van der Waals surface area contributed by atoms with Crippen molar-refractivity contribution in [3.8, 4) is 0 Å². The molecule has 2 aromatic rings. The summed E-state index contributed by atoms with van der Waals surface area (Å²) in [5.74, 6) is -0.298. The molecule has 0 saturated carbocycles. The van der Waals surface area contributed by atoms with Crippen molar-refractivity contribution in [1.29, 1.82) is 0 Å². The number of aromatic nitrogens is 3. The first-order chi connectivity index (χ1) is 10.0. The standard InChI is InChI=1S/C10H8N6O4S/c11-8(15-18)5-3-6(16(19)20)9(13-4-5)21-10-12-2-1-7(17)14-10/h1-4,18H,(H2,11,15)(H,12,14,17). The number of nitro groups is 1. The number of nitrogens with two attached hydrogens (primary N) is 1. The summed E-state index contributed by atoms with van der Waals surface area (Å²) in [5, 5.41) is 22.6. The fourth-order valence-electron chi connectivity index (χ4n) is 1.34. The summed E-state index contributed by atoms with van der Waals surface area (Å²) in [7, 11) is 0. The van der Waals surface area contributed by atoms with Crippen molar-refractivity contribution in [3.63, 3.8) is 0 Å². The molecular weight excluding hydrogens is 300 g/mol. The molecule has 21 heavy (non-hydrogen) atoms. The maximum Gasteiger partial charge on any atom is 0.302 e. The zero-order valence-electron chi connectivity index (χ0n) is 10.3. The van der Waals surface area contributed by atoms with E-state index in [0.29, 0.717) is 0 Å². The molecule has 0 saturated heterocycles. The second-order valence-corrected chi connectivity index (χ2v) is 4.61. The highest BCUT2D eigenvalue weighted by atomic mass is 32.2. The third kappa shape index (κ3) is 3.33. The average Bonchev–Trinajstić information content (AvgIpc) is 2.46. The van der Waals surface area contributed by atoms with E-state index >= 15 is 0 Å². The highest BCUT2D eigenvalue weighted by molar-refractivity contribution is 7.99. The van der Waals surface area contributed by atoms with E-state index in [2.05, 4.69) is 20.1 Å². The van der Waals surface area contributed by atoms with Crippen molar-refractivity contribution in [2.24, 2.45) is 10.9 Å². The molecule has 0 aliphatic rings. The predicted octanol–water partition coefficient (Wildman–Crippen LogP) is 0.319. The van der Waals surface area contributed by atoms with Gasteiger partial charge in [-0.3, -0.25) is 14.9 Å². The number of hydrogen-bond acceptors (Lipinski definition) is 8. The van der Waals surface area contributed by atoms with Gasteiger partial charge in [0.2, 0.25) is 0 Å². The smallest absolute Gasteiger partial charge is 0.302 e. The van der Waals surface area contributed by atoms with Crippen molar-refractivity contribution >= 4 is 23.3 Å². The summed E-state index contributed by atoms with van der Waals surface area (Å²) in [6.07, 6.45) is 2.49. The minimum Gasteiger partial charge on any atom is -0.409 e. The van der Waals surface area contributed by atoms with E-state index in [9.17, 15) is 14.9 Å². The summed E-state index contributed by atoms with van der Waals surface area (Å²) in [6.45, 7) is 0. The van der Waals surface area contributed by atoms with Crippen molar-refractivity contribution in [2.45, 2.75) is 10.2 Å².